The molecule has 0 radical (unpaired) electrons. The Morgan fingerprint density at radius 3 is 2.27 bits per heavy atom. The maximum Gasteiger partial charge on any atom is 0.150 e. The van der Waals surface area contributed by atoms with E-state index >= 15 is 4.39 Å². The van der Waals surface area contributed by atoms with Crippen molar-refractivity contribution in [1.29, 1.82) is 0 Å². The average molecular weight is 410 g/mol. The number of aromatic nitrogens is 3. The van der Waals surface area contributed by atoms with Crippen molar-refractivity contribution in [3.63, 3.8) is 0 Å². The van der Waals surface area contributed by atoms with Crippen molar-refractivity contribution in [3.05, 3.63) is 81.6 Å². The van der Waals surface area contributed by atoms with Crippen LogP contribution in [0.2, 0.25) is 10.0 Å². The van der Waals surface area contributed by atoms with Crippen LogP contribution in [0.1, 0.15) is 29.0 Å². The molecule has 2 unspecified atom stereocenters. The zero-order chi connectivity index (χ0) is 18.6. The lowest BCUT2D eigenvalue weighted by Gasteiger charge is -2.26. The van der Waals surface area contributed by atoms with E-state index in [4.69, 9.17) is 23.2 Å². The van der Waals surface area contributed by atoms with Crippen molar-refractivity contribution in [3.8, 4) is 0 Å². The second-order valence-electron chi connectivity index (χ2n) is 6.12. The van der Waals surface area contributed by atoms with E-state index in [-0.39, 0.29) is 17.4 Å². The van der Waals surface area contributed by atoms with E-state index in [1.807, 2.05) is 24.3 Å². The van der Waals surface area contributed by atoms with Crippen LogP contribution in [0.15, 0.2) is 54.7 Å². The summed E-state index contributed by atoms with van der Waals surface area (Å²) in [5.74, 6) is 0.283. The smallest absolute Gasteiger partial charge is 0.150 e. The molecule has 0 aliphatic carbocycles. The SMILES string of the molecule is CC(SCC(F)(Cc1c[nH]nn1)c1ccc(Cl)cc1)c1ccc(Cl)cc1. The quantitative estimate of drug-likeness (QED) is 0.518. The Labute approximate surface area is 166 Å². The number of hydrogen-bond donors (Lipinski definition) is 1. The molecular weight excluding hydrogens is 392 g/mol. The van der Waals surface area contributed by atoms with Gasteiger partial charge in [0.05, 0.1) is 5.69 Å². The molecule has 7 heteroatoms. The number of aromatic amines is 1. The van der Waals surface area contributed by atoms with Crippen LogP contribution in [-0.4, -0.2) is 21.2 Å². The molecule has 0 bridgehead atoms. The number of thioether (sulfide) groups is 1. The van der Waals surface area contributed by atoms with E-state index in [2.05, 4.69) is 22.3 Å². The van der Waals surface area contributed by atoms with Gasteiger partial charge in [-0.25, -0.2) is 4.39 Å². The lowest BCUT2D eigenvalue weighted by molar-refractivity contribution is 0.196. The summed E-state index contributed by atoms with van der Waals surface area (Å²) in [4.78, 5) is 0. The van der Waals surface area contributed by atoms with Gasteiger partial charge in [-0.05, 0) is 42.3 Å². The number of nitrogens with zero attached hydrogens (tertiary/aromatic N) is 2. The molecule has 26 heavy (non-hydrogen) atoms. The van der Waals surface area contributed by atoms with Gasteiger partial charge in [0.25, 0.3) is 0 Å². The fourth-order valence-corrected chi connectivity index (χ4v) is 4.06. The third kappa shape index (κ3) is 4.78. The van der Waals surface area contributed by atoms with Crippen molar-refractivity contribution >= 4 is 35.0 Å². The predicted octanol–water partition coefficient (Wildman–Crippen LogP) is 6.01. The van der Waals surface area contributed by atoms with Gasteiger partial charge in [0.1, 0.15) is 0 Å². The molecule has 0 fully saturated rings. The number of benzene rings is 2. The maximum atomic E-state index is 16.0. The fraction of sp³-hybridized carbons (Fsp3) is 0.263. The summed E-state index contributed by atoms with van der Waals surface area (Å²) in [6.45, 7) is 2.06. The number of rotatable bonds is 7. The highest BCUT2D eigenvalue weighted by atomic mass is 35.5. The van der Waals surface area contributed by atoms with Crippen LogP contribution in [0.25, 0.3) is 0 Å². The number of alkyl halides is 1. The molecule has 136 valence electrons. The molecule has 0 aliphatic heterocycles. The molecule has 3 rings (SSSR count). The molecule has 1 heterocycles. The minimum absolute atomic E-state index is 0.131. The number of H-pyrrole nitrogens is 1. The summed E-state index contributed by atoms with van der Waals surface area (Å²) in [5, 5.41) is 11.7. The number of hydrogen-bond acceptors (Lipinski definition) is 3. The summed E-state index contributed by atoms with van der Waals surface area (Å²) < 4.78 is 16.0. The highest BCUT2D eigenvalue weighted by Crippen LogP contribution is 2.39. The van der Waals surface area contributed by atoms with Gasteiger partial charge >= 0.3 is 0 Å². The standard InChI is InChI=1S/C19H18Cl2FN3S/c1-13(14-2-6-16(20)7-3-14)26-12-19(22,10-18-11-23-25-24-18)15-4-8-17(21)9-5-15/h2-9,11,13H,10,12H2,1H3,(H,23,24,25). The predicted molar refractivity (Wildman–Crippen MR) is 107 cm³/mol. The average Bonchev–Trinajstić information content (AvgIpc) is 3.13. The molecule has 0 spiro atoms. The minimum atomic E-state index is -1.58. The molecule has 1 aromatic heterocycles. The van der Waals surface area contributed by atoms with Crippen molar-refractivity contribution in [1.82, 2.24) is 15.4 Å². The van der Waals surface area contributed by atoms with E-state index in [1.165, 1.54) is 0 Å². The van der Waals surface area contributed by atoms with E-state index in [9.17, 15) is 0 Å². The molecule has 0 aliphatic rings. The third-order valence-corrected chi connectivity index (χ3v) is 6.09. The molecule has 3 aromatic rings. The second-order valence-corrected chi connectivity index (χ2v) is 8.32. The molecule has 2 aromatic carbocycles. The minimum Gasteiger partial charge on any atom is -0.265 e. The van der Waals surface area contributed by atoms with Crippen LogP contribution >= 0.6 is 35.0 Å². The maximum absolute atomic E-state index is 16.0. The van der Waals surface area contributed by atoms with Gasteiger partial charge in [-0.15, -0.1) is 5.10 Å². The van der Waals surface area contributed by atoms with E-state index in [1.54, 1.807) is 42.2 Å². The molecule has 0 amide bonds. The molecule has 0 saturated carbocycles. The summed E-state index contributed by atoms with van der Waals surface area (Å²) in [6.07, 6.45) is 1.77. The number of nitrogens with one attached hydrogen (secondary N) is 1. The van der Waals surface area contributed by atoms with E-state index in [0.717, 1.165) is 5.56 Å². The highest BCUT2D eigenvalue weighted by Gasteiger charge is 2.34. The fourth-order valence-electron chi connectivity index (χ4n) is 2.67. The second kappa shape index (κ2) is 8.42. The lowest BCUT2D eigenvalue weighted by atomic mass is 9.93. The zero-order valence-corrected chi connectivity index (χ0v) is 16.5. The largest absolute Gasteiger partial charge is 0.265 e. The van der Waals surface area contributed by atoms with Gasteiger partial charge in [0.15, 0.2) is 5.67 Å². The van der Waals surface area contributed by atoms with Crippen LogP contribution in [0.5, 0.6) is 0 Å². The first-order chi connectivity index (χ1) is 12.5. The first kappa shape index (κ1) is 19.2. The first-order valence-electron chi connectivity index (χ1n) is 8.14. The summed E-state index contributed by atoms with van der Waals surface area (Å²) >= 11 is 13.5. The topological polar surface area (TPSA) is 41.6 Å². The van der Waals surface area contributed by atoms with Crippen LogP contribution in [-0.2, 0) is 12.1 Å². The van der Waals surface area contributed by atoms with Gasteiger partial charge in [-0.3, -0.25) is 5.10 Å². The van der Waals surface area contributed by atoms with Gasteiger partial charge in [0.2, 0.25) is 0 Å². The van der Waals surface area contributed by atoms with Crippen LogP contribution in [0, 0.1) is 0 Å². The van der Waals surface area contributed by atoms with E-state index in [0.29, 0.717) is 21.3 Å². The Bertz CT molecular complexity index is 825. The molecule has 3 nitrogen and oxygen atoms in total. The normalized spacial score (nSPS) is 14.8. The Morgan fingerprint density at radius 1 is 1.08 bits per heavy atom. The Hall–Kier alpha value is -1.56. The van der Waals surface area contributed by atoms with Crippen molar-refractivity contribution in [2.45, 2.75) is 24.3 Å². The monoisotopic (exact) mass is 409 g/mol. The third-order valence-electron chi connectivity index (χ3n) is 4.19. The zero-order valence-electron chi connectivity index (χ0n) is 14.1. The molecule has 2 atom stereocenters. The summed E-state index contributed by atoms with van der Waals surface area (Å²) in [6, 6.07) is 14.5. The highest BCUT2D eigenvalue weighted by molar-refractivity contribution is 7.99. The molecular formula is C19H18Cl2FN3S. The summed E-state index contributed by atoms with van der Waals surface area (Å²) in [7, 11) is 0. The Morgan fingerprint density at radius 2 is 1.69 bits per heavy atom. The van der Waals surface area contributed by atoms with Gasteiger partial charge in [-0.1, -0.05) is 52.7 Å². The van der Waals surface area contributed by atoms with Crippen LogP contribution in [0.4, 0.5) is 4.39 Å². The Kier molecular flexibility index (Phi) is 6.22. The van der Waals surface area contributed by atoms with Crippen LogP contribution < -0.4 is 0 Å². The van der Waals surface area contributed by atoms with Crippen molar-refractivity contribution in [2.24, 2.45) is 0 Å². The van der Waals surface area contributed by atoms with Gasteiger partial charge in [-0.2, -0.15) is 11.8 Å². The lowest BCUT2D eigenvalue weighted by Crippen LogP contribution is -2.27. The van der Waals surface area contributed by atoms with Crippen molar-refractivity contribution in [2.75, 3.05) is 5.75 Å². The Balaban J connectivity index is 1.78. The van der Waals surface area contributed by atoms with Crippen LogP contribution in [0.3, 0.4) is 0 Å². The number of halogens is 3. The molecule has 0 saturated heterocycles. The molecule has 1 N–H and O–H groups in total. The van der Waals surface area contributed by atoms with Crippen molar-refractivity contribution < 1.29 is 4.39 Å². The van der Waals surface area contributed by atoms with E-state index < -0.39 is 5.67 Å². The summed E-state index contributed by atoms with van der Waals surface area (Å²) in [5.41, 5.74) is 0.703. The first-order valence-corrected chi connectivity index (χ1v) is 9.94. The van der Waals surface area contributed by atoms with Gasteiger partial charge < -0.3 is 0 Å². The van der Waals surface area contributed by atoms with Gasteiger partial charge in [0, 0.05) is 33.7 Å².